The molecule has 6 nitrogen and oxygen atoms in total. The number of carboxylic acid groups (broad SMARTS) is 1. The van der Waals surface area contributed by atoms with E-state index in [1.807, 2.05) is 12.3 Å². The van der Waals surface area contributed by atoms with Crippen LogP contribution in [-0.4, -0.2) is 26.5 Å². The summed E-state index contributed by atoms with van der Waals surface area (Å²) in [5.41, 5.74) is 1.26. The number of nitrogens with one attached hydrogen (secondary N) is 1. The predicted octanol–water partition coefficient (Wildman–Crippen LogP) is 0.627. The van der Waals surface area contributed by atoms with Crippen molar-refractivity contribution < 1.29 is 9.90 Å². The van der Waals surface area contributed by atoms with Gasteiger partial charge in [-0.15, -0.1) is 11.3 Å². The van der Waals surface area contributed by atoms with E-state index < -0.39 is 12.0 Å². The number of rotatable bonds is 4. The van der Waals surface area contributed by atoms with Crippen molar-refractivity contribution >= 4 is 22.3 Å². The van der Waals surface area contributed by atoms with Crippen molar-refractivity contribution in [1.29, 1.82) is 0 Å². The van der Waals surface area contributed by atoms with Crippen LogP contribution < -0.4 is 10.9 Å². The average Bonchev–Trinajstić information content (AvgIpc) is 2.68. The third kappa shape index (κ3) is 2.41. The van der Waals surface area contributed by atoms with Gasteiger partial charge < -0.3 is 5.11 Å². The SMILES string of the molecule is Cc1csc2nc(CN[C@@H](C)C(=O)O)cc(=O)n12. The van der Waals surface area contributed by atoms with Crippen molar-refractivity contribution in [2.24, 2.45) is 0 Å². The fraction of sp³-hybridized carbons (Fsp3) is 0.364. The van der Waals surface area contributed by atoms with E-state index in [-0.39, 0.29) is 12.1 Å². The van der Waals surface area contributed by atoms with Crippen molar-refractivity contribution in [2.75, 3.05) is 0 Å². The second-order valence-corrected chi connectivity index (χ2v) is 4.86. The summed E-state index contributed by atoms with van der Waals surface area (Å²) in [4.78, 5) is 27.4. The van der Waals surface area contributed by atoms with Gasteiger partial charge in [0.2, 0.25) is 0 Å². The van der Waals surface area contributed by atoms with E-state index in [2.05, 4.69) is 10.3 Å². The van der Waals surface area contributed by atoms with E-state index in [1.54, 1.807) is 6.92 Å². The van der Waals surface area contributed by atoms with Crippen LogP contribution in [0.3, 0.4) is 0 Å². The summed E-state index contributed by atoms with van der Waals surface area (Å²) < 4.78 is 1.54. The molecule has 96 valence electrons. The minimum absolute atomic E-state index is 0.140. The van der Waals surface area contributed by atoms with Gasteiger partial charge in [-0.2, -0.15) is 0 Å². The number of aromatic nitrogens is 2. The van der Waals surface area contributed by atoms with Crippen LogP contribution in [-0.2, 0) is 11.3 Å². The van der Waals surface area contributed by atoms with Crippen LogP contribution in [0, 0.1) is 6.92 Å². The zero-order chi connectivity index (χ0) is 13.3. The van der Waals surface area contributed by atoms with Crippen molar-refractivity contribution in [2.45, 2.75) is 26.4 Å². The number of carboxylic acids is 1. The number of carbonyl (C=O) groups is 1. The number of hydrogen-bond acceptors (Lipinski definition) is 5. The summed E-state index contributed by atoms with van der Waals surface area (Å²) in [7, 11) is 0. The molecule has 2 aromatic rings. The largest absolute Gasteiger partial charge is 0.480 e. The summed E-state index contributed by atoms with van der Waals surface area (Å²) >= 11 is 1.39. The molecule has 0 fully saturated rings. The number of aliphatic carboxylic acids is 1. The standard InChI is InChI=1S/C11H13N3O3S/c1-6-5-18-11-13-8(3-9(15)14(6)11)4-12-7(2)10(16)17/h3,5,7,12H,4H2,1-2H3,(H,16,17)/t7-/m0/s1. The molecular formula is C11H13N3O3S. The molecule has 0 bridgehead atoms. The topological polar surface area (TPSA) is 83.7 Å². The highest BCUT2D eigenvalue weighted by atomic mass is 32.1. The molecule has 0 aliphatic rings. The lowest BCUT2D eigenvalue weighted by molar-refractivity contribution is -0.139. The maximum atomic E-state index is 11.8. The highest BCUT2D eigenvalue weighted by molar-refractivity contribution is 7.15. The lowest BCUT2D eigenvalue weighted by Gasteiger charge is -2.08. The van der Waals surface area contributed by atoms with E-state index >= 15 is 0 Å². The van der Waals surface area contributed by atoms with Crippen LogP contribution >= 0.6 is 11.3 Å². The van der Waals surface area contributed by atoms with Gasteiger partial charge in [0.15, 0.2) is 4.96 Å². The highest BCUT2D eigenvalue weighted by Gasteiger charge is 2.11. The molecule has 0 unspecified atom stereocenters. The number of hydrogen-bond donors (Lipinski definition) is 2. The lowest BCUT2D eigenvalue weighted by Crippen LogP contribution is -2.33. The summed E-state index contributed by atoms with van der Waals surface area (Å²) in [6.07, 6.45) is 0. The van der Waals surface area contributed by atoms with E-state index in [0.717, 1.165) is 5.69 Å². The summed E-state index contributed by atoms with van der Waals surface area (Å²) in [5.74, 6) is -0.931. The van der Waals surface area contributed by atoms with Gasteiger partial charge in [-0.25, -0.2) is 4.98 Å². The second-order valence-electron chi connectivity index (χ2n) is 4.02. The van der Waals surface area contributed by atoms with E-state index in [4.69, 9.17) is 5.11 Å². The Morgan fingerprint density at radius 1 is 1.67 bits per heavy atom. The van der Waals surface area contributed by atoms with Crippen molar-refractivity contribution in [3.63, 3.8) is 0 Å². The smallest absolute Gasteiger partial charge is 0.320 e. The average molecular weight is 267 g/mol. The second kappa shape index (κ2) is 4.87. The first kappa shape index (κ1) is 12.7. The molecule has 2 heterocycles. The van der Waals surface area contributed by atoms with Crippen LogP contribution in [0.25, 0.3) is 4.96 Å². The molecule has 0 aliphatic heterocycles. The molecule has 0 amide bonds. The van der Waals surface area contributed by atoms with Crippen LogP contribution in [0.1, 0.15) is 18.3 Å². The van der Waals surface area contributed by atoms with E-state index in [0.29, 0.717) is 10.7 Å². The Morgan fingerprint density at radius 3 is 3.06 bits per heavy atom. The maximum Gasteiger partial charge on any atom is 0.320 e. The fourth-order valence-electron chi connectivity index (χ4n) is 1.54. The molecule has 0 aliphatic carbocycles. The van der Waals surface area contributed by atoms with Gasteiger partial charge in [0.25, 0.3) is 5.56 Å². The monoisotopic (exact) mass is 267 g/mol. The normalized spacial score (nSPS) is 12.8. The molecule has 0 spiro atoms. The zero-order valence-electron chi connectivity index (χ0n) is 10.0. The number of thiazole rings is 1. The van der Waals surface area contributed by atoms with Gasteiger partial charge in [0.05, 0.1) is 5.69 Å². The van der Waals surface area contributed by atoms with Crippen LogP contribution in [0.15, 0.2) is 16.2 Å². The van der Waals surface area contributed by atoms with Crippen molar-refractivity contribution in [1.82, 2.24) is 14.7 Å². The number of aryl methyl sites for hydroxylation is 1. The molecule has 7 heteroatoms. The maximum absolute atomic E-state index is 11.8. The van der Waals surface area contributed by atoms with Gasteiger partial charge in [0, 0.05) is 23.7 Å². The summed E-state index contributed by atoms with van der Waals surface area (Å²) in [6, 6.07) is 0.754. The Kier molecular flexibility index (Phi) is 3.44. The Labute approximate surface area is 107 Å². The summed E-state index contributed by atoms with van der Waals surface area (Å²) in [5, 5.41) is 13.4. The molecular weight excluding hydrogens is 254 g/mol. The Hall–Kier alpha value is -1.73. The quantitative estimate of drug-likeness (QED) is 0.848. The van der Waals surface area contributed by atoms with Crippen LogP contribution in [0.4, 0.5) is 0 Å². The minimum Gasteiger partial charge on any atom is -0.480 e. The van der Waals surface area contributed by atoms with Crippen molar-refractivity contribution in [3.05, 3.63) is 33.2 Å². The Morgan fingerprint density at radius 2 is 2.39 bits per heavy atom. The molecule has 0 radical (unpaired) electrons. The molecule has 0 saturated carbocycles. The molecule has 0 aromatic carbocycles. The molecule has 18 heavy (non-hydrogen) atoms. The first-order valence-corrected chi connectivity index (χ1v) is 6.30. The van der Waals surface area contributed by atoms with Gasteiger partial charge in [-0.1, -0.05) is 0 Å². The Balaban J connectivity index is 2.25. The minimum atomic E-state index is -0.931. The molecule has 0 saturated heterocycles. The van der Waals surface area contributed by atoms with Crippen LogP contribution in [0.2, 0.25) is 0 Å². The summed E-state index contributed by atoms with van der Waals surface area (Å²) in [6.45, 7) is 3.65. The molecule has 2 N–H and O–H groups in total. The lowest BCUT2D eigenvalue weighted by atomic mass is 10.3. The van der Waals surface area contributed by atoms with Crippen molar-refractivity contribution in [3.8, 4) is 0 Å². The number of nitrogens with zero attached hydrogens (tertiary/aromatic N) is 2. The van der Waals surface area contributed by atoms with Gasteiger partial charge in [-0.3, -0.25) is 19.3 Å². The van der Waals surface area contributed by atoms with Crippen LogP contribution in [0.5, 0.6) is 0 Å². The molecule has 1 atom stereocenters. The zero-order valence-corrected chi connectivity index (χ0v) is 10.8. The third-order valence-electron chi connectivity index (χ3n) is 2.59. The Bertz CT molecular complexity index is 647. The number of fused-ring (bicyclic) bond motifs is 1. The molecule has 2 aromatic heterocycles. The van der Waals surface area contributed by atoms with E-state index in [9.17, 15) is 9.59 Å². The van der Waals surface area contributed by atoms with Gasteiger partial charge >= 0.3 is 5.97 Å². The fourth-order valence-corrected chi connectivity index (χ4v) is 2.43. The van der Waals surface area contributed by atoms with Gasteiger partial charge in [-0.05, 0) is 13.8 Å². The predicted molar refractivity (Wildman–Crippen MR) is 68.0 cm³/mol. The highest BCUT2D eigenvalue weighted by Crippen LogP contribution is 2.11. The van der Waals surface area contributed by atoms with Gasteiger partial charge in [0.1, 0.15) is 6.04 Å². The first-order valence-electron chi connectivity index (χ1n) is 5.42. The third-order valence-corrected chi connectivity index (χ3v) is 3.53. The first-order chi connectivity index (χ1) is 8.49. The van der Waals surface area contributed by atoms with E-state index in [1.165, 1.54) is 21.8 Å². The molecule has 2 rings (SSSR count).